The second kappa shape index (κ2) is 4.81. The summed E-state index contributed by atoms with van der Waals surface area (Å²) in [6.07, 6.45) is -0.467. The summed E-state index contributed by atoms with van der Waals surface area (Å²) in [6, 6.07) is 11.7. The quantitative estimate of drug-likeness (QED) is 0.721. The van der Waals surface area contributed by atoms with Gasteiger partial charge in [0.1, 0.15) is 0 Å². The van der Waals surface area contributed by atoms with Crippen LogP contribution in [0.1, 0.15) is 33.3 Å². The minimum absolute atomic E-state index is 0.291. The molecule has 4 nitrogen and oxygen atoms in total. The SMILES string of the molecule is Cc1cc(C)c2nc(NC3OC(=O)c4ccccc43)sc2c1. The number of nitrogens with one attached hydrogen (secondary N) is 1. The summed E-state index contributed by atoms with van der Waals surface area (Å²) in [5, 5.41) is 3.99. The molecule has 2 heterocycles. The number of ether oxygens (including phenoxy) is 1. The number of nitrogens with zero attached hydrogens (tertiary/aromatic N) is 1. The number of thiazole rings is 1. The van der Waals surface area contributed by atoms with Crippen LogP contribution >= 0.6 is 11.3 Å². The number of benzene rings is 2. The number of anilines is 1. The second-order valence-corrected chi connectivity index (χ2v) is 6.50. The van der Waals surface area contributed by atoms with Crippen LogP contribution in [0.4, 0.5) is 5.13 Å². The Labute approximate surface area is 131 Å². The lowest BCUT2D eigenvalue weighted by Gasteiger charge is -2.11. The number of esters is 1. The first-order valence-electron chi connectivity index (χ1n) is 7.06. The van der Waals surface area contributed by atoms with Crippen molar-refractivity contribution >= 4 is 32.7 Å². The van der Waals surface area contributed by atoms with Crippen molar-refractivity contribution in [3.05, 3.63) is 58.7 Å². The Morgan fingerprint density at radius 3 is 2.91 bits per heavy atom. The Hall–Kier alpha value is -2.40. The highest BCUT2D eigenvalue weighted by Gasteiger charge is 2.31. The van der Waals surface area contributed by atoms with Gasteiger partial charge in [-0.25, -0.2) is 9.78 Å². The Morgan fingerprint density at radius 2 is 2.05 bits per heavy atom. The zero-order valence-electron chi connectivity index (χ0n) is 12.2. The highest BCUT2D eigenvalue weighted by molar-refractivity contribution is 7.22. The average molecular weight is 310 g/mol. The molecule has 22 heavy (non-hydrogen) atoms. The van der Waals surface area contributed by atoms with Crippen LogP contribution in [0.2, 0.25) is 0 Å². The number of fused-ring (bicyclic) bond motifs is 2. The highest BCUT2D eigenvalue weighted by Crippen LogP contribution is 2.35. The number of carbonyl (C=O) groups is 1. The molecule has 1 unspecified atom stereocenters. The lowest BCUT2D eigenvalue weighted by molar-refractivity contribution is 0.0437. The maximum atomic E-state index is 11.9. The lowest BCUT2D eigenvalue weighted by Crippen LogP contribution is -2.09. The Bertz CT molecular complexity index is 901. The van der Waals surface area contributed by atoms with Gasteiger partial charge in [0.05, 0.1) is 15.8 Å². The van der Waals surface area contributed by atoms with Crippen molar-refractivity contribution in [3.8, 4) is 0 Å². The van der Waals surface area contributed by atoms with Gasteiger partial charge in [-0.2, -0.15) is 0 Å². The van der Waals surface area contributed by atoms with Crippen molar-refractivity contribution in [3.63, 3.8) is 0 Å². The standard InChI is InChI=1S/C17H14N2O2S/c1-9-7-10(2)14-13(8-9)22-17(18-14)19-15-11-5-3-4-6-12(11)16(20)21-15/h3-8,15H,1-2H3,(H,18,19). The number of hydrogen-bond acceptors (Lipinski definition) is 5. The third-order valence-corrected chi connectivity index (χ3v) is 4.71. The van der Waals surface area contributed by atoms with Crippen LogP contribution in [0.5, 0.6) is 0 Å². The Balaban J connectivity index is 1.70. The minimum Gasteiger partial charge on any atom is -0.434 e. The molecule has 0 amide bonds. The molecule has 0 aliphatic carbocycles. The molecule has 1 aromatic heterocycles. The van der Waals surface area contributed by atoms with E-state index in [2.05, 4.69) is 36.3 Å². The van der Waals surface area contributed by atoms with Crippen molar-refractivity contribution in [2.75, 3.05) is 5.32 Å². The summed E-state index contributed by atoms with van der Waals surface area (Å²) in [6.45, 7) is 4.14. The zero-order chi connectivity index (χ0) is 15.3. The van der Waals surface area contributed by atoms with Gasteiger partial charge in [-0.3, -0.25) is 0 Å². The average Bonchev–Trinajstić information content (AvgIpc) is 3.02. The number of carbonyl (C=O) groups excluding carboxylic acids is 1. The molecule has 4 rings (SSSR count). The van der Waals surface area contributed by atoms with E-state index < -0.39 is 6.23 Å². The Morgan fingerprint density at radius 1 is 1.23 bits per heavy atom. The molecule has 0 saturated carbocycles. The van der Waals surface area contributed by atoms with E-state index >= 15 is 0 Å². The molecular formula is C17H14N2O2S. The van der Waals surface area contributed by atoms with E-state index in [1.165, 1.54) is 5.56 Å². The van der Waals surface area contributed by atoms with Gasteiger partial charge in [0.2, 0.25) is 6.23 Å². The van der Waals surface area contributed by atoms with E-state index in [0.29, 0.717) is 5.56 Å². The van der Waals surface area contributed by atoms with Crippen LogP contribution in [-0.4, -0.2) is 11.0 Å². The van der Waals surface area contributed by atoms with Gasteiger partial charge in [0, 0.05) is 5.56 Å². The van der Waals surface area contributed by atoms with Crippen LogP contribution in [0.25, 0.3) is 10.2 Å². The van der Waals surface area contributed by atoms with Gasteiger partial charge < -0.3 is 10.1 Å². The van der Waals surface area contributed by atoms with E-state index in [1.54, 1.807) is 17.4 Å². The highest BCUT2D eigenvalue weighted by atomic mass is 32.1. The molecule has 1 aliphatic heterocycles. The first kappa shape index (κ1) is 13.3. The fourth-order valence-electron chi connectivity index (χ4n) is 2.80. The van der Waals surface area contributed by atoms with E-state index in [9.17, 15) is 4.79 Å². The maximum absolute atomic E-state index is 11.9. The van der Waals surface area contributed by atoms with Crippen LogP contribution in [-0.2, 0) is 4.74 Å². The number of aryl methyl sites for hydroxylation is 2. The maximum Gasteiger partial charge on any atom is 0.340 e. The number of hydrogen-bond donors (Lipinski definition) is 1. The molecule has 3 aromatic rings. The first-order chi connectivity index (χ1) is 10.6. The van der Waals surface area contributed by atoms with Crippen LogP contribution in [0, 0.1) is 13.8 Å². The fourth-order valence-corrected chi connectivity index (χ4v) is 3.86. The van der Waals surface area contributed by atoms with E-state index in [-0.39, 0.29) is 5.97 Å². The Kier molecular flexibility index (Phi) is 2.90. The zero-order valence-corrected chi connectivity index (χ0v) is 13.0. The third-order valence-electron chi connectivity index (χ3n) is 3.77. The number of rotatable bonds is 2. The predicted octanol–water partition coefficient (Wildman–Crippen LogP) is 4.19. The molecule has 1 N–H and O–H groups in total. The molecule has 0 fully saturated rings. The van der Waals surface area contributed by atoms with Gasteiger partial charge in [-0.1, -0.05) is 35.6 Å². The summed E-state index contributed by atoms with van der Waals surface area (Å²) in [5.74, 6) is -0.291. The van der Waals surface area contributed by atoms with Crippen molar-refractivity contribution < 1.29 is 9.53 Å². The van der Waals surface area contributed by atoms with E-state index in [0.717, 1.165) is 26.5 Å². The van der Waals surface area contributed by atoms with E-state index in [1.807, 2.05) is 18.2 Å². The van der Waals surface area contributed by atoms with Crippen molar-refractivity contribution in [2.45, 2.75) is 20.1 Å². The summed E-state index contributed by atoms with van der Waals surface area (Å²) in [4.78, 5) is 16.5. The molecule has 1 aliphatic rings. The fraction of sp³-hybridized carbons (Fsp3) is 0.176. The molecule has 0 radical (unpaired) electrons. The third kappa shape index (κ3) is 2.05. The second-order valence-electron chi connectivity index (χ2n) is 5.46. The summed E-state index contributed by atoms with van der Waals surface area (Å²) < 4.78 is 6.54. The molecule has 0 saturated heterocycles. The summed E-state index contributed by atoms with van der Waals surface area (Å²) >= 11 is 1.57. The molecule has 1 atom stereocenters. The minimum atomic E-state index is -0.467. The van der Waals surface area contributed by atoms with Crippen molar-refractivity contribution in [1.29, 1.82) is 0 Å². The van der Waals surface area contributed by atoms with Crippen LogP contribution < -0.4 is 5.32 Å². The first-order valence-corrected chi connectivity index (χ1v) is 7.88. The summed E-state index contributed by atoms with van der Waals surface area (Å²) in [7, 11) is 0. The number of aromatic nitrogens is 1. The molecule has 2 aromatic carbocycles. The normalized spacial score (nSPS) is 16.6. The van der Waals surface area contributed by atoms with Crippen LogP contribution in [0.3, 0.4) is 0 Å². The van der Waals surface area contributed by atoms with Crippen molar-refractivity contribution in [2.24, 2.45) is 0 Å². The molecule has 0 bridgehead atoms. The summed E-state index contributed by atoms with van der Waals surface area (Å²) in [5.41, 5.74) is 4.85. The monoisotopic (exact) mass is 310 g/mol. The van der Waals surface area contributed by atoms with Gasteiger partial charge in [0.15, 0.2) is 5.13 Å². The molecule has 110 valence electrons. The smallest absolute Gasteiger partial charge is 0.340 e. The molecular weight excluding hydrogens is 296 g/mol. The van der Waals surface area contributed by atoms with Crippen molar-refractivity contribution in [1.82, 2.24) is 4.98 Å². The van der Waals surface area contributed by atoms with Crippen LogP contribution in [0.15, 0.2) is 36.4 Å². The van der Waals surface area contributed by atoms with Gasteiger partial charge in [-0.05, 0) is 37.1 Å². The lowest BCUT2D eigenvalue weighted by atomic mass is 10.1. The van der Waals surface area contributed by atoms with E-state index in [4.69, 9.17) is 4.74 Å². The molecule has 5 heteroatoms. The van der Waals surface area contributed by atoms with Gasteiger partial charge >= 0.3 is 5.97 Å². The largest absolute Gasteiger partial charge is 0.434 e. The topological polar surface area (TPSA) is 51.2 Å². The molecule has 0 spiro atoms. The predicted molar refractivity (Wildman–Crippen MR) is 87.3 cm³/mol. The van der Waals surface area contributed by atoms with Gasteiger partial charge in [-0.15, -0.1) is 0 Å². The van der Waals surface area contributed by atoms with Gasteiger partial charge in [0.25, 0.3) is 0 Å². The number of cyclic esters (lactones) is 1.